The lowest BCUT2D eigenvalue weighted by atomic mass is 9.99. The van der Waals surface area contributed by atoms with Gasteiger partial charge >= 0.3 is 0 Å². The van der Waals surface area contributed by atoms with Crippen molar-refractivity contribution in [3.63, 3.8) is 0 Å². The molecule has 5 rings (SSSR count). The lowest BCUT2D eigenvalue weighted by Crippen LogP contribution is -2.60. The smallest absolute Gasteiger partial charge is 0.254 e. The van der Waals surface area contributed by atoms with E-state index in [1.165, 1.54) is 11.9 Å². The Hall–Kier alpha value is -3.03. The highest BCUT2D eigenvalue weighted by Crippen LogP contribution is 2.30. The van der Waals surface area contributed by atoms with Crippen LogP contribution in [0, 0.1) is 0 Å². The number of carbonyl (C=O) groups excluding carboxylic acids is 1. The van der Waals surface area contributed by atoms with E-state index >= 15 is 0 Å². The number of nitrogens with one attached hydrogen (secondary N) is 1. The van der Waals surface area contributed by atoms with Crippen LogP contribution in [-0.4, -0.2) is 69.8 Å². The predicted octanol–water partition coefficient (Wildman–Crippen LogP) is 2.37. The second-order valence-corrected chi connectivity index (χ2v) is 7.49. The number of aromatic nitrogens is 3. The van der Waals surface area contributed by atoms with Gasteiger partial charge in [-0.05, 0) is 11.6 Å². The highest BCUT2D eigenvalue weighted by atomic mass is 16.5. The van der Waals surface area contributed by atoms with Crippen LogP contribution >= 0.6 is 0 Å². The highest BCUT2D eigenvalue weighted by molar-refractivity contribution is 6.00. The molecule has 3 aromatic rings. The number of aromatic amines is 1. The summed E-state index contributed by atoms with van der Waals surface area (Å²) in [6.07, 6.45) is 1.46. The number of hydrogen-bond acceptors (Lipinski definition) is 5. The molecule has 148 valence electrons. The van der Waals surface area contributed by atoms with Crippen LogP contribution in [0.4, 0.5) is 0 Å². The number of benzene rings is 2. The number of H-pyrrole nitrogens is 1. The lowest BCUT2D eigenvalue weighted by molar-refractivity contribution is -0.0770. The molecule has 1 N–H and O–H groups in total. The second-order valence-electron chi connectivity index (χ2n) is 7.49. The van der Waals surface area contributed by atoms with Crippen LogP contribution in [0.2, 0.25) is 0 Å². The zero-order valence-corrected chi connectivity index (χ0v) is 16.1. The van der Waals surface area contributed by atoms with Gasteiger partial charge in [-0.2, -0.15) is 5.10 Å². The van der Waals surface area contributed by atoms with Gasteiger partial charge in [-0.3, -0.25) is 14.8 Å². The average molecular weight is 389 g/mol. The Morgan fingerprint density at radius 1 is 1.03 bits per heavy atom. The SMILES string of the molecule is O=C(c1ccccc1-c1ncn[nH]1)N1CCN2[C@@H](COC[C@@H]2c2ccccc2)C1. The topological polar surface area (TPSA) is 74.4 Å². The first kappa shape index (κ1) is 18.0. The molecule has 3 heterocycles. The summed E-state index contributed by atoms with van der Waals surface area (Å²) in [5.41, 5.74) is 2.70. The fourth-order valence-electron chi connectivity index (χ4n) is 4.37. The number of amides is 1. The van der Waals surface area contributed by atoms with Gasteiger partial charge in [-0.25, -0.2) is 4.98 Å². The van der Waals surface area contributed by atoms with Gasteiger partial charge in [-0.15, -0.1) is 0 Å². The van der Waals surface area contributed by atoms with E-state index in [1.807, 2.05) is 35.2 Å². The quantitative estimate of drug-likeness (QED) is 0.744. The standard InChI is InChI=1S/C22H23N5O2/c28-22(19-9-5-4-8-18(19)21-23-15-24-25-21)26-10-11-27-17(12-26)13-29-14-20(27)16-6-2-1-3-7-16/h1-9,15,17,20H,10-14H2,(H,23,24,25)/t17-,20-/m1/s1. The van der Waals surface area contributed by atoms with Crippen LogP contribution in [0.5, 0.6) is 0 Å². The van der Waals surface area contributed by atoms with Crippen LogP contribution in [-0.2, 0) is 4.74 Å². The zero-order valence-electron chi connectivity index (χ0n) is 16.1. The summed E-state index contributed by atoms with van der Waals surface area (Å²) in [4.78, 5) is 22.0. The fraction of sp³-hybridized carbons (Fsp3) is 0.318. The van der Waals surface area contributed by atoms with Crippen LogP contribution in [0.25, 0.3) is 11.4 Å². The molecule has 0 bridgehead atoms. The maximum atomic E-state index is 13.3. The summed E-state index contributed by atoms with van der Waals surface area (Å²) in [6, 6.07) is 18.5. The Morgan fingerprint density at radius 2 is 1.86 bits per heavy atom. The van der Waals surface area contributed by atoms with Crippen molar-refractivity contribution in [1.29, 1.82) is 0 Å². The molecule has 7 heteroatoms. The molecule has 2 aliphatic heterocycles. The largest absolute Gasteiger partial charge is 0.378 e. The van der Waals surface area contributed by atoms with E-state index in [0.29, 0.717) is 37.7 Å². The van der Waals surface area contributed by atoms with Crippen molar-refractivity contribution in [2.75, 3.05) is 32.8 Å². The van der Waals surface area contributed by atoms with Crippen molar-refractivity contribution in [3.05, 3.63) is 72.1 Å². The minimum atomic E-state index is 0.0264. The van der Waals surface area contributed by atoms with E-state index in [4.69, 9.17) is 4.74 Å². The van der Waals surface area contributed by atoms with Gasteiger partial charge in [0, 0.05) is 25.2 Å². The Kier molecular flexibility index (Phi) is 4.83. The Balaban J connectivity index is 1.36. The summed E-state index contributed by atoms with van der Waals surface area (Å²) in [6.45, 7) is 3.54. The third-order valence-electron chi connectivity index (χ3n) is 5.81. The van der Waals surface area contributed by atoms with Gasteiger partial charge in [0.25, 0.3) is 5.91 Å². The number of nitrogens with zero attached hydrogens (tertiary/aromatic N) is 4. The summed E-state index contributed by atoms with van der Waals surface area (Å²) < 4.78 is 5.92. The number of rotatable bonds is 3. The van der Waals surface area contributed by atoms with Gasteiger partial charge in [0.2, 0.25) is 0 Å². The summed E-state index contributed by atoms with van der Waals surface area (Å²) in [7, 11) is 0. The predicted molar refractivity (Wildman–Crippen MR) is 108 cm³/mol. The minimum absolute atomic E-state index is 0.0264. The van der Waals surface area contributed by atoms with E-state index in [1.54, 1.807) is 0 Å². The molecule has 29 heavy (non-hydrogen) atoms. The van der Waals surface area contributed by atoms with Crippen molar-refractivity contribution in [1.82, 2.24) is 25.0 Å². The van der Waals surface area contributed by atoms with Crippen molar-refractivity contribution in [2.24, 2.45) is 0 Å². The second kappa shape index (κ2) is 7.77. The third kappa shape index (κ3) is 3.43. The van der Waals surface area contributed by atoms with Gasteiger partial charge in [0.1, 0.15) is 6.33 Å². The molecule has 0 aliphatic carbocycles. The molecular formula is C22H23N5O2. The lowest BCUT2D eigenvalue weighted by Gasteiger charge is -2.48. The Morgan fingerprint density at radius 3 is 2.69 bits per heavy atom. The van der Waals surface area contributed by atoms with Gasteiger partial charge in [-0.1, -0.05) is 48.5 Å². The van der Waals surface area contributed by atoms with Crippen LogP contribution < -0.4 is 0 Å². The molecule has 2 fully saturated rings. The van der Waals surface area contributed by atoms with Crippen molar-refractivity contribution in [3.8, 4) is 11.4 Å². The molecule has 0 spiro atoms. The highest BCUT2D eigenvalue weighted by Gasteiger charge is 2.38. The number of fused-ring (bicyclic) bond motifs is 1. The van der Waals surface area contributed by atoms with E-state index in [-0.39, 0.29) is 18.0 Å². The summed E-state index contributed by atoms with van der Waals surface area (Å²) in [5, 5.41) is 6.78. The molecule has 0 radical (unpaired) electrons. The first-order chi connectivity index (χ1) is 14.3. The van der Waals surface area contributed by atoms with Crippen LogP contribution in [0.15, 0.2) is 60.9 Å². The van der Waals surface area contributed by atoms with E-state index in [9.17, 15) is 4.79 Å². The van der Waals surface area contributed by atoms with Crippen molar-refractivity contribution >= 4 is 5.91 Å². The van der Waals surface area contributed by atoms with E-state index < -0.39 is 0 Å². The molecule has 2 saturated heterocycles. The molecule has 1 amide bonds. The molecule has 2 atom stereocenters. The number of hydrogen-bond donors (Lipinski definition) is 1. The number of ether oxygens (including phenoxy) is 1. The molecule has 0 unspecified atom stereocenters. The molecule has 0 saturated carbocycles. The maximum Gasteiger partial charge on any atom is 0.254 e. The fourth-order valence-corrected chi connectivity index (χ4v) is 4.37. The van der Waals surface area contributed by atoms with Crippen molar-refractivity contribution in [2.45, 2.75) is 12.1 Å². The van der Waals surface area contributed by atoms with Gasteiger partial charge < -0.3 is 9.64 Å². The zero-order chi connectivity index (χ0) is 19.6. The Labute approximate surface area is 169 Å². The molecule has 2 aliphatic rings. The van der Waals surface area contributed by atoms with Crippen LogP contribution in [0.1, 0.15) is 22.0 Å². The molecule has 7 nitrogen and oxygen atoms in total. The van der Waals surface area contributed by atoms with E-state index in [2.05, 4.69) is 44.3 Å². The summed E-state index contributed by atoms with van der Waals surface area (Å²) in [5.74, 6) is 0.635. The maximum absolute atomic E-state index is 13.3. The first-order valence-electron chi connectivity index (χ1n) is 9.94. The number of piperazine rings is 1. The molecule has 2 aromatic carbocycles. The normalized spacial score (nSPS) is 22.3. The van der Waals surface area contributed by atoms with Gasteiger partial charge in [0.05, 0.1) is 30.9 Å². The summed E-state index contributed by atoms with van der Waals surface area (Å²) >= 11 is 0. The number of carbonyl (C=O) groups is 1. The third-order valence-corrected chi connectivity index (χ3v) is 5.81. The Bertz CT molecular complexity index is 976. The average Bonchev–Trinajstić information content (AvgIpc) is 3.33. The monoisotopic (exact) mass is 389 g/mol. The van der Waals surface area contributed by atoms with Crippen molar-refractivity contribution < 1.29 is 9.53 Å². The van der Waals surface area contributed by atoms with Gasteiger partial charge in [0.15, 0.2) is 5.82 Å². The molecular weight excluding hydrogens is 366 g/mol. The number of morpholine rings is 1. The molecule has 1 aromatic heterocycles. The van der Waals surface area contributed by atoms with Crippen LogP contribution in [0.3, 0.4) is 0 Å². The first-order valence-corrected chi connectivity index (χ1v) is 9.94. The van der Waals surface area contributed by atoms with E-state index in [0.717, 1.165) is 12.1 Å². The minimum Gasteiger partial charge on any atom is -0.378 e.